The fraction of sp³-hybridized carbons (Fsp3) is 0.0968. The maximum Gasteiger partial charge on any atom is 0.272 e. The lowest BCUT2D eigenvalue weighted by atomic mass is 10.2. The Labute approximate surface area is 241 Å². The van der Waals surface area contributed by atoms with Gasteiger partial charge in [-0.2, -0.15) is 0 Å². The molecule has 0 saturated carbocycles. The predicted octanol–water partition coefficient (Wildman–Crippen LogP) is 4.99. The van der Waals surface area contributed by atoms with Crippen molar-refractivity contribution >= 4 is 46.9 Å². The fourth-order valence-electron chi connectivity index (χ4n) is 3.87. The molecule has 206 valence electrons. The van der Waals surface area contributed by atoms with Gasteiger partial charge in [0.15, 0.2) is 11.5 Å². The van der Waals surface area contributed by atoms with E-state index in [1.807, 2.05) is 18.2 Å². The molecule has 5 rings (SSSR count). The average Bonchev–Trinajstić information content (AvgIpc) is 3.01. The van der Waals surface area contributed by atoms with Gasteiger partial charge in [-0.3, -0.25) is 19.4 Å². The van der Waals surface area contributed by atoms with Crippen LogP contribution in [0.1, 0.15) is 15.9 Å². The van der Waals surface area contributed by atoms with Crippen molar-refractivity contribution in [2.24, 2.45) is 0 Å². The molecule has 0 spiro atoms. The van der Waals surface area contributed by atoms with Crippen molar-refractivity contribution in [2.45, 2.75) is 4.90 Å². The molecule has 3 aromatic carbocycles. The molecule has 2 heterocycles. The van der Waals surface area contributed by atoms with Gasteiger partial charge in [-0.1, -0.05) is 24.3 Å². The minimum Gasteiger partial charge on any atom is -0.486 e. The third-order valence-electron chi connectivity index (χ3n) is 5.83. The predicted molar refractivity (Wildman–Crippen MR) is 158 cm³/mol. The standard InChI is InChI=1S/C31H26N4O5S/c36-29(33-24-10-13-27-28(18-24)40-16-15-39-27)20-41-25-11-8-23(9-12-25)34-31(38)26(17-21-5-4-14-32-19-21)35-30(37)22-6-2-1-3-7-22/h1-14,17-19H,15-16,20H2,(H,33,36)(H,34,38)(H,35,37)/b26-17-. The number of carbonyl (C=O) groups excluding carboxylic acids is 3. The van der Waals surface area contributed by atoms with E-state index in [1.165, 1.54) is 11.8 Å². The van der Waals surface area contributed by atoms with E-state index in [4.69, 9.17) is 9.47 Å². The normalized spacial score (nSPS) is 12.2. The lowest BCUT2D eigenvalue weighted by Crippen LogP contribution is -2.30. The lowest BCUT2D eigenvalue weighted by molar-refractivity contribution is -0.114. The second-order valence-corrected chi connectivity index (χ2v) is 9.89. The van der Waals surface area contributed by atoms with Crippen LogP contribution in [0.4, 0.5) is 11.4 Å². The topological polar surface area (TPSA) is 119 Å². The number of thioether (sulfide) groups is 1. The highest BCUT2D eigenvalue weighted by Gasteiger charge is 2.16. The Bertz CT molecular complexity index is 1560. The number of pyridine rings is 1. The Kier molecular flexibility index (Phi) is 8.92. The van der Waals surface area contributed by atoms with Gasteiger partial charge in [0.1, 0.15) is 18.9 Å². The molecule has 41 heavy (non-hydrogen) atoms. The van der Waals surface area contributed by atoms with Crippen LogP contribution in [0.5, 0.6) is 11.5 Å². The lowest BCUT2D eigenvalue weighted by Gasteiger charge is -2.19. The summed E-state index contributed by atoms with van der Waals surface area (Å²) >= 11 is 1.36. The first-order chi connectivity index (χ1) is 20.0. The number of hydrogen-bond donors (Lipinski definition) is 3. The Morgan fingerprint density at radius 1 is 0.829 bits per heavy atom. The van der Waals surface area contributed by atoms with Gasteiger partial charge in [0.05, 0.1) is 5.75 Å². The van der Waals surface area contributed by atoms with Crippen molar-refractivity contribution < 1.29 is 23.9 Å². The van der Waals surface area contributed by atoms with E-state index in [-0.39, 0.29) is 17.4 Å². The molecule has 4 aromatic rings. The summed E-state index contributed by atoms with van der Waals surface area (Å²) in [6.45, 7) is 0.979. The summed E-state index contributed by atoms with van der Waals surface area (Å²) < 4.78 is 11.1. The second-order valence-electron chi connectivity index (χ2n) is 8.84. The number of amides is 3. The first-order valence-electron chi connectivity index (χ1n) is 12.8. The largest absolute Gasteiger partial charge is 0.486 e. The first-order valence-corrected chi connectivity index (χ1v) is 13.7. The highest BCUT2D eigenvalue weighted by atomic mass is 32.2. The van der Waals surface area contributed by atoms with Gasteiger partial charge in [0.2, 0.25) is 5.91 Å². The van der Waals surface area contributed by atoms with E-state index >= 15 is 0 Å². The summed E-state index contributed by atoms with van der Waals surface area (Å²) in [7, 11) is 0. The zero-order valence-electron chi connectivity index (χ0n) is 21.8. The third-order valence-corrected chi connectivity index (χ3v) is 6.84. The van der Waals surface area contributed by atoms with Gasteiger partial charge in [-0.25, -0.2) is 0 Å². The molecular weight excluding hydrogens is 540 g/mol. The smallest absolute Gasteiger partial charge is 0.272 e. The molecule has 9 nitrogen and oxygen atoms in total. The minimum atomic E-state index is -0.489. The molecule has 0 atom stereocenters. The number of nitrogens with one attached hydrogen (secondary N) is 3. The minimum absolute atomic E-state index is 0.0705. The van der Waals surface area contributed by atoms with Crippen LogP contribution in [0.3, 0.4) is 0 Å². The fourth-order valence-corrected chi connectivity index (χ4v) is 4.57. The highest BCUT2D eigenvalue weighted by Crippen LogP contribution is 2.32. The van der Waals surface area contributed by atoms with Crippen molar-refractivity contribution in [3.8, 4) is 11.5 Å². The monoisotopic (exact) mass is 566 g/mol. The zero-order valence-corrected chi connectivity index (χ0v) is 22.6. The molecule has 3 N–H and O–H groups in total. The van der Waals surface area contributed by atoms with Gasteiger partial charge in [0.25, 0.3) is 11.8 Å². The molecule has 0 unspecified atom stereocenters. The highest BCUT2D eigenvalue weighted by molar-refractivity contribution is 8.00. The Balaban J connectivity index is 1.18. The molecule has 0 saturated heterocycles. The molecule has 3 amide bonds. The number of carbonyl (C=O) groups is 3. The Morgan fingerprint density at radius 3 is 2.34 bits per heavy atom. The molecule has 0 aliphatic carbocycles. The van der Waals surface area contributed by atoms with Crippen LogP contribution in [-0.2, 0) is 9.59 Å². The summed E-state index contributed by atoms with van der Waals surface area (Å²) in [6.07, 6.45) is 4.78. The number of rotatable bonds is 9. The molecular formula is C31H26N4O5S. The van der Waals surface area contributed by atoms with E-state index in [0.717, 1.165) is 4.90 Å². The molecule has 0 fully saturated rings. The Morgan fingerprint density at radius 2 is 1.59 bits per heavy atom. The van der Waals surface area contributed by atoms with Crippen LogP contribution in [0.15, 0.2) is 108 Å². The van der Waals surface area contributed by atoms with Crippen molar-refractivity contribution in [1.29, 1.82) is 0 Å². The summed E-state index contributed by atoms with van der Waals surface area (Å²) in [5.74, 6) is 0.410. The number of anilines is 2. The van der Waals surface area contributed by atoms with E-state index in [9.17, 15) is 14.4 Å². The molecule has 1 aliphatic rings. The van der Waals surface area contributed by atoms with Crippen molar-refractivity contribution in [2.75, 3.05) is 29.6 Å². The van der Waals surface area contributed by atoms with Crippen LogP contribution >= 0.6 is 11.8 Å². The number of ether oxygens (including phenoxy) is 2. The van der Waals surface area contributed by atoms with E-state index in [2.05, 4.69) is 20.9 Å². The first kappa shape index (κ1) is 27.5. The number of fused-ring (bicyclic) bond motifs is 1. The SMILES string of the molecule is O=C(CSc1ccc(NC(=O)/C(=C/c2cccnc2)NC(=O)c2ccccc2)cc1)Nc1ccc2c(c1)OCCO2. The number of nitrogens with zero attached hydrogens (tertiary/aromatic N) is 1. The van der Waals surface area contributed by atoms with E-state index in [1.54, 1.807) is 85.2 Å². The average molecular weight is 567 g/mol. The van der Waals surface area contributed by atoms with Gasteiger partial charge in [0, 0.05) is 40.3 Å². The third kappa shape index (κ3) is 7.74. The molecule has 0 radical (unpaired) electrons. The maximum absolute atomic E-state index is 13.2. The van der Waals surface area contributed by atoms with Crippen molar-refractivity contribution in [3.05, 3.63) is 114 Å². The molecule has 1 aromatic heterocycles. The summed E-state index contributed by atoms with van der Waals surface area (Å²) in [5, 5.41) is 8.38. The Hall–Kier alpha value is -5.09. The summed E-state index contributed by atoms with van der Waals surface area (Å²) in [4.78, 5) is 43.3. The van der Waals surface area contributed by atoms with Crippen molar-refractivity contribution in [1.82, 2.24) is 10.3 Å². The zero-order chi connectivity index (χ0) is 28.4. The van der Waals surface area contributed by atoms with Gasteiger partial charge >= 0.3 is 0 Å². The molecule has 1 aliphatic heterocycles. The molecule has 0 bridgehead atoms. The van der Waals surface area contributed by atoms with Gasteiger partial charge < -0.3 is 25.4 Å². The van der Waals surface area contributed by atoms with Gasteiger partial charge in [-0.15, -0.1) is 11.8 Å². The van der Waals surface area contributed by atoms with Crippen LogP contribution in [-0.4, -0.2) is 41.7 Å². The number of hydrogen-bond acceptors (Lipinski definition) is 7. The maximum atomic E-state index is 13.2. The van der Waals surface area contributed by atoms with Crippen LogP contribution < -0.4 is 25.4 Å². The van der Waals surface area contributed by atoms with Crippen LogP contribution in [0.2, 0.25) is 0 Å². The number of benzene rings is 3. The quantitative estimate of drug-likeness (QED) is 0.193. The summed E-state index contributed by atoms with van der Waals surface area (Å²) in [6, 6.07) is 24.6. The summed E-state index contributed by atoms with van der Waals surface area (Å²) in [5.41, 5.74) is 2.32. The second kappa shape index (κ2) is 13.3. The van der Waals surface area contributed by atoms with Crippen LogP contribution in [0.25, 0.3) is 6.08 Å². The van der Waals surface area contributed by atoms with Gasteiger partial charge in [-0.05, 0) is 66.2 Å². The molecule has 10 heteroatoms. The van der Waals surface area contributed by atoms with Crippen molar-refractivity contribution in [3.63, 3.8) is 0 Å². The van der Waals surface area contributed by atoms with E-state index in [0.29, 0.717) is 47.2 Å². The van der Waals surface area contributed by atoms with Crippen LogP contribution in [0, 0.1) is 0 Å². The van der Waals surface area contributed by atoms with E-state index < -0.39 is 11.8 Å². The number of aromatic nitrogens is 1.